The quantitative estimate of drug-likeness (QED) is 0.729. The highest BCUT2D eigenvalue weighted by molar-refractivity contribution is 5.40. The molecule has 2 atom stereocenters. The van der Waals surface area contributed by atoms with Gasteiger partial charge in [0.05, 0.1) is 18.1 Å². The van der Waals surface area contributed by atoms with Crippen LogP contribution >= 0.6 is 0 Å². The predicted molar refractivity (Wildman–Crippen MR) is 55.9 cm³/mol. The van der Waals surface area contributed by atoms with Crippen molar-refractivity contribution in [2.75, 3.05) is 0 Å². The van der Waals surface area contributed by atoms with Crippen molar-refractivity contribution in [3.05, 3.63) is 41.6 Å². The molecule has 0 unspecified atom stereocenters. The molecule has 1 fully saturated rings. The smallest absolute Gasteiger partial charge is 0.153 e. The first kappa shape index (κ1) is 8.44. The largest absolute Gasteiger partial charge is 0.234 e. The van der Waals surface area contributed by atoms with Crippen LogP contribution in [0.5, 0.6) is 0 Å². The van der Waals surface area contributed by atoms with Crippen molar-refractivity contribution in [1.29, 1.82) is 0 Å². The summed E-state index contributed by atoms with van der Waals surface area (Å²) < 4.78 is 14.7. The zero-order chi connectivity index (χ0) is 10.7. The number of hydrogen-bond donors (Lipinski definition) is 0. The van der Waals surface area contributed by atoms with E-state index < -0.39 is 0 Å². The first-order chi connectivity index (χ1) is 7.83. The van der Waals surface area contributed by atoms with Gasteiger partial charge in [0.25, 0.3) is 0 Å². The summed E-state index contributed by atoms with van der Waals surface area (Å²) in [6, 6.07) is 3.11. The van der Waals surface area contributed by atoms with Crippen molar-refractivity contribution >= 4 is 0 Å². The van der Waals surface area contributed by atoms with Crippen LogP contribution < -0.4 is 0 Å². The van der Waals surface area contributed by atoms with Crippen molar-refractivity contribution in [2.45, 2.75) is 18.8 Å². The fourth-order valence-electron chi connectivity index (χ4n) is 2.71. The molecule has 2 aromatic rings. The Morgan fingerprint density at radius 1 is 1.31 bits per heavy atom. The molecule has 4 rings (SSSR count). The number of pyridine rings is 1. The highest BCUT2D eigenvalue weighted by Gasteiger charge is 2.48. The maximum atomic E-state index is 12.8. The lowest BCUT2D eigenvalue weighted by Crippen LogP contribution is -2.03. The first-order valence-electron chi connectivity index (χ1n) is 5.51. The standard InChI is InChI=1S/C12H10FN3/c13-9-1-2-11(14-6-9)16-12-8(5-15-16)3-7-4-10(7)12/h1-2,5-7,10H,3-4H2/t7-,10+/m0/s1. The second-order valence-corrected chi connectivity index (χ2v) is 4.61. The number of halogens is 1. The highest BCUT2D eigenvalue weighted by atomic mass is 19.1. The average molecular weight is 215 g/mol. The Bertz CT molecular complexity index is 558. The van der Waals surface area contributed by atoms with Gasteiger partial charge in [0.1, 0.15) is 5.82 Å². The SMILES string of the molecule is Fc1ccc(-n2ncc3c2[C@@H]2C[C@@H]2C3)nc1. The molecular formula is C12H10FN3. The van der Waals surface area contributed by atoms with Crippen LogP contribution in [0.25, 0.3) is 5.82 Å². The lowest BCUT2D eigenvalue weighted by atomic mass is 10.2. The molecule has 0 bridgehead atoms. The fraction of sp³-hybridized carbons (Fsp3) is 0.333. The second-order valence-electron chi connectivity index (χ2n) is 4.61. The monoisotopic (exact) mass is 215 g/mol. The third-order valence-electron chi connectivity index (χ3n) is 3.57. The summed E-state index contributed by atoms with van der Waals surface area (Å²) in [5, 5.41) is 4.35. The molecule has 0 radical (unpaired) electrons. The van der Waals surface area contributed by atoms with Gasteiger partial charge in [-0.1, -0.05) is 0 Å². The molecule has 1 saturated carbocycles. The van der Waals surface area contributed by atoms with E-state index >= 15 is 0 Å². The van der Waals surface area contributed by atoms with Gasteiger partial charge in [0, 0.05) is 5.92 Å². The second kappa shape index (κ2) is 2.70. The Labute approximate surface area is 91.9 Å². The molecule has 80 valence electrons. The Kier molecular flexibility index (Phi) is 1.42. The number of aromatic nitrogens is 3. The number of nitrogens with zero attached hydrogens (tertiary/aromatic N) is 3. The minimum Gasteiger partial charge on any atom is -0.234 e. The van der Waals surface area contributed by atoms with Crippen molar-refractivity contribution in [3.8, 4) is 5.82 Å². The van der Waals surface area contributed by atoms with Crippen LogP contribution in [0.4, 0.5) is 4.39 Å². The normalized spacial score (nSPS) is 25.3. The van der Waals surface area contributed by atoms with Gasteiger partial charge in [-0.2, -0.15) is 5.10 Å². The third kappa shape index (κ3) is 1.01. The van der Waals surface area contributed by atoms with Crippen molar-refractivity contribution in [3.63, 3.8) is 0 Å². The molecule has 3 nitrogen and oxygen atoms in total. The van der Waals surface area contributed by atoms with Gasteiger partial charge in [-0.25, -0.2) is 14.1 Å². The van der Waals surface area contributed by atoms with Gasteiger partial charge >= 0.3 is 0 Å². The summed E-state index contributed by atoms with van der Waals surface area (Å²) >= 11 is 0. The summed E-state index contributed by atoms with van der Waals surface area (Å²) in [6.45, 7) is 0. The minimum atomic E-state index is -0.308. The van der Waals surface area contributed by atoms with E-state index in [1.54, 1.807) is 6.07 Å². The van der Waals surface area contributed by atoms with Gasteiger partial charge in [-0.05, 0) is 36.5 Å². The highest BCUT2D eigenvalue weighted by Crippen LogP contribution is 2.56. The Balaban J connectivity index is 1.86. The van der Waals surface area contributed by atoms with E-state index in [1.165, 1.54) is 29.9 Å². The van der Waals surface area contributed by atoms with E-state index in [9.17, 15) is 4.39 Å². The predicted octanol–water partition coefficient (Wildman–Crippen LogP) is 2.07. The van der Waals surface area contributed by atoms with E-state index in [0.29, 0.717) is 5.92 Å². The average Bonchev–Trinajstić information content (AvgIpc) is 2.77. The van der Waals surface area contributed by atoms with Crippen LogP contribution in [-0.2, 0) is 6.42 Å². The maximum Gasteiger partial charge on any atom is 0.153 e. The van der Waals surface area contributed by atoms with E-state index in [2.05, 4.69) is 10.1 Å². The van der Waals surface area contributed by atoms with Gasteiger partial charge in [0.15, 0.2) is 5.82 Å². The van der Waals surface area contributed by atoms with Crippen molar-refractivity contribution in [2.24, 2.45) is 5.92 Å². The summed E-state index contributed by atoms with van der Waals surface area (Å²) in [5.74, 6) is 1.91. The van der Waals surface area contributed by atoms with E-state index in [1.807, 2.05) is 10.9 Å². The molecule has 0 aliphatic heterocycles. The van der Waals surface area contributed by atoms with Gasteiger partial charge in [0.2, 0.25) is 0 Å². The number of fused-ring (bicyclic) bond motifs is 3. The summed E-state index contributed by atoms with van der Waals surface area (Å²) in [7, 11) is 0. The van der Waals surface area contributed by atoms with Crippen LogP contribution in [0.2, 0.25) is 0 Å². The molecule has 0 amide bonds. The Morgan fingerprint density at radius 2 is 2.25 bits per heavy atom. The van der Waals surface area contributed by atoms with E-state index in [-0.39, 0.29) is 5.82 Å². The lowest BCUT2D eigenvalue weighted by molar-refractivity contribution is 0.618. The summed E-state index contributed by atoms with van der Waals surface area (Å²) in [4.78, 5) is 4.08. The minimum absolute atomic E-state index is 0.308. The Hall–Kier alpha value is -1.71. The van der Waals surface area contributed by atoms with Crippen molar-refractivity contribution < 1.29 is 4.39 Å². The molecule has 2 heterocycles. The summed E-state index contributed by atoms with van der Waals surface area (Å²) in [6.07, 6.45) is 5.59. The third-order valence-corrected chi connectivity index (χ3v) is 3.57. The van der Waals surface area contributed by atoms with Crippen LogP contribution in [0.3, 0.4) is 0 Å². The fourth-order valence-corrected chi connectivity index (χ4v) is 2.71. The van der Waals surface area contributed by atoms with Crippen LogP contribution in [-0.4, -0.2) is 14.8 Å². The molecule has 0 spiro atoms. The molecule has 4 heteroatoms. The van der Waals surface area contributed by atoms with E-state index in [0.717, 1.165) is 18.2 Å². The Morgan fingerprint density at radius 3 is 3.06 bits per heavy atom. The lowest BCUT2D eigenvalue weighted by Gasteiger charge is -2.04. The molecule has 0 N–H and O–H groups in total. The van der Waals surface area contributed by atoms with E-state index in [4.69, 9.17) is 0 Å². The molecule has 2 aliphatic rings. The molecule has 0 saturated heterocycles. The summed E-state index contributed by atoms with van der Waals surface area (Å²) in [5.41, 5.74) is 2.64. The molecule has 2 aromatic heterocycles. The van der Waals surface area contributed by atoms with Gasteiger partial charge < -0.3 is 0 Å². The zero-order valence-electron chi connectivity index (χ0n) is 8.60. The topological polar surface area (TPSA) is 30.7 Å². The maximum absolute atomic E-state index is 12.8. The number of rotatable bonds is 1. The van der Waals surface area contributed by atoms with Gasteiger partial charge in [-0.3, -0.25) is 0 Å². The van der Waals surface area contributed by atoms with Crippen LogP contribution in [0.1, 0.15) is 23.6 Å². The number of hydrogen-bond acceptors (Lipinski definition) is 2. The van der Waals surface area contributed by atoms with Crippen molar-refractivity contribution in [1.82, 2.24) is 14.8 Å². The van der Waals surface area contributed by atoms with Crippen LogP contribution in [0.15, 0.2) is 24.5 Å². The van der Waals surface area contributed by atoms with Gasteiger partial charge in [-0.15, -0.1) is 0 Å². The molecular weight excluding hydrogens is 205 g/mol. The first-order valence-corrected chi connectivity index (χ1v) is 5.51. The zero-order valence-corrected chi connectivity index (χ0v) is 8.60. The molecule has 2 aliphatic carbocycles. The van der Waals surface area contributed by atoms with Crippen LogP contribution in [0, 0.1) is 11.7 Å². The molecule has 0 aromatic carbocycles. The molecule has 16 heavy (non-hydrogen) atoms.